The molecule has 1 aromatic carbocycles. The maximum atomic E-state index is 12.3. The fraction of sp³-hybridized carbons (Fsp3) is 0.450. The fourth-order valence-electron chi connectivity index (χ4n) is 3.69. The predicted octanol–water partition coefficient (Wildman–Crippen LogP) is 1.55. The number of hydrogen-bond donors (Lipinski definition) is 1. The molecule has 0 aromatic heterocycles. The quantitative estimate of drug-likeness (QED) is 0.451. The van der Waals surface area contributed by atoms with Gasteiger partial charge in [0.1, 0.15) is 6.54 Å². The first-order chi connectivity index (χ1) is 13.4. The number of nitrogens with one attached hydrogen (secondary N) is 1. The van der Waals surface area contributed by atoms with Crippen molar-refractivity contribution in [3.05, 3.63) is 29.8 Å². The molecule has 1 saturated carbocycles. The van der Waals surface area contributed by atoms with E-state index < -0.39 is 25.0 Å². The largest absolute Gasteiger partial charge is 0.454 e. The average Bonchev–Trinajstić information content (AvgIpc) is 2.92. The molecule has 1 N–H and O–H groups in total. The second-order valence-corrected chi connectivity index (χ2v) is 7.10. The van der Waals surface area contributed by atoms with Crippen molar-refractivity contribution in [2.45, 2.75) is 32.6 Å². The SMILES string of the molecule is CC(=O)c1ccc(NC(=O)COC(=O)CN2C(=O)[C@H]3CCCC[C@H]3C2=O)cc1. The summed E-state index contributed by atoms with van der Waals surface area (Å²) >= 11 is 0. The minimum atomic E-state index is -0.803. The van der Waals surface area contributed by atoms with E-state index in [1.807, 2.05) is 0 Å². The van der Waals surface area contributed by atoms with Crippen LogP contribution in [0.25, 0.3) is 0 Å². The lowest BCUT2D eigenvalue weighted by atomic mass is 9.81. The van der Waals surface area contributed by atoms with E-state index >= 15 is 0 Å². The summed E-state index contributed by atoms with van der Waals surface area (Å²) in [5, 5.41) is 2.54. The summed E-state index contributed by atoms with van der Waals surface area (Å²) in [7, 11) is 0. The Balaban J connectivity index is 1.47. The fourth-order valence-corrected chi connectivity index (χ4v) is 3.69. The van der Waals surface area contributed by atoms with Crippen LogP contribution in [-0.2, 0) is 23.9 Å². The van der Waals surface area contributed by atoms with E-state index in [1.165, 1.54) is 6.92 Å². The van der Waals surface area contributed by atoms with Gasteiger partial charge in [-0.1, -0.05) is 12.8 Å². The van der Waals surface area contributed by atoms with Crippen LogP contribution < -0.4 is 5.32 Å². The van der Waals surface area contributed by atoms with E-state index in [1.54, 1.807) is 24.3 Å². The Kier molecular flexibility index (Phi) is 5.87. The lowest BCUT2D eigenvalue weighted by molar-refractivity contribution is -0.154. The van der Waals surface area contributed by atoms with Crippen LogP contribution in [0.5, 0.6) is 0 Å². The zero-order valence-corrected chi connectivity index (χ0v) is 15.6. The third kappa shape index (κ3) is 4.27. The molecule has 1 saturated heterocycles. The Hall–Kier alpha value is -3.03. The van der Waals surface area contributed by atoms with Crippen molar-refractivity contribution >= 4 is 35.2 Å². The number of hydrogen-bond acceptors (Lipinski definition) is 6. The standard InChI is InChI=1S/C20H22N2O6/c1-12(23)13-6-8-14(9-7-13)21-17(24)11-28-18(25)10-22-19(26)15-4-2-3-5-16(15)20(22)27/h6-9,15-16H,2-5,10-11H2,1H3,(H,21,24)/t15-,16+. The number of ether oxygens (including phenoxy) is 1. The monoisotopic (exact) mass is 386 g/mol. The van der Waals surface area contributed by atoms with E-state index in [0.717, 1.165) is 17.7 Å². The summed E-state index contributed by atoms with van der Waals surface area (Å²) in [5.74, 6) is -2.73. The first kappa shape index (κ1) is 19.7. The highest BCUT2D eigenvalue weighted by Gasteiger charge is 2.48. The Morgan fingerprint density at radius 2 is 1.61 bits per heavy atom. The van der Waals surface area contributed by atoms with Crippen molar-refractivity contribution < 1.29 is 28.7 Å². The minimum absolute atomic E-state index is 0.0855. The number of ketones is 1. The molecule has 1 aliphatic heterocycles. The van der Waals surface area contributed by atoms with Gasteiger partial charge in [-0.05, 0) is 44.0 Å². The molecule has 0 unspecified atom stereocenters. The van der Waals surface area contributed by atoms with Crippen LogP contribution in [0.3, 0.4) is 0 Å². The average molecular weight is 386 g/mol. The number of fused-ring (bicyclic) bond motifs is 1. The molecular formula is C20H22N2O6. The van der Waals surface area contributed by atoms with E-state index in [0.29, 0.717) is 24.1 Å². The summed E-state index contributed by atoms with van der Waals surface area (Å²) in [4.78, 5) is 60.7. The third-order valence-corrected chi connectivity index (χ3v) is 5.16. The van der Waals surface area contributed by atoms with Gasteiger partial charge in [0.15, 0.2) is 12.4 Å². The highest BCUT2D eigenvalue weighted by molar-refractivity contribution is 6.07. The van der Waals surface area contributed by atoms with Gasteiger partial charge in [0, 0.05) is 11.3 Å². The number of Topliss-reactive ketones (excluding diaryl/α,β-unsaturated/α-hetero) is 1. The third-order valence-electron chi connectivity index (χ3n) is 5.16. The number of benzene rings is 1. The molecule has 2 atom stereocenters. The van der Waals surface area contributed by atoms with Crippen molar-refractivity contribution in [2.75, 3.05) is 18.5 Å². The van der Waals surface area contributed by atoms with Gasteiger partial charge in [-0.2, -0.15) is 0 Å². The lowest BCUT2D eigenvalue weighted by Gasteiger charge is -2.19. The zero-order chi connectivity index (χ0) is 20.3. The Labute approximate surface area is 162 Å². The van der Waals surface area contributed by atoms with Crippen molar-refractivity contribution in [1.82, 2.24) is 4.90 Å². The zero-order valence-electron chi connectivity index (χ0n) is 15.6. The molecule has 28 heavy (non-hydrogen) atoms. The van der Waals surface area contributed by atoms with Gasteiger partial charge in [-0.3, -0.25) is 28.9 Å². The van der Waals surface area contributed by atoms with Crippen LogP contribution in [0.2, 0.25) is 0 Å². The van der Waals surface area contributed by atoms with Crippen LogP contribution in [-0.4, -0.2) is 47.5 Å². The van der Waals surface area contributed by atoms with E-state index in [2.05, 4.69) is 5.32 Å². The van der Waals surface area contributed by atoms with Crippen LogP contribution >= 0.6 is 0 Å². The highest BCUT2D eigenvalue weighted by Crippen LogP contribution is 2.37. The molecule has 0 spiro atoms. The summed E-state index contributed by atoms with van der Waals surface area (Å²) in [6.07, 6.45) is 3.16. The van der Waals surface area contributed by atoms with Gasteiger partial charge in [0.25, 0.3) is 5.91 Å². The number of nitrogens with zero attached hydrogens (tertiary/aromatic N) is 1. The van der Waals surface area contributed by atoms with E-state index in [9.17, 15) is 24.0 Å². The molecule has 8 heteroatoms. The molecule has 3 amide bonds. The number of anilines is 1. The topological polar surface area (TPSA) is 110 Å². The molecule has 0 bridgehead atoms. The molecule has 148 valence electrons. The first-order valence-electron chi connectivity index (χ1n) is 9.28. The second-order valence-electron chi connectivity index (χ2n) is 7.10. The molecule has 1 heterocycles. The number of imide groups is 1. The normalized spacial score (nSPS) is 21.2. The number of rotatable bonds is 6. The molecule has 1 aliphatic carbocycles. The summed E-state index contributed by atoms with van der Waals surface area (Å²) in [6, 6.07) is 6.29. The van der Waals surface area contributed by atoms with Crippen molar-refractivity contribution in [2.24, 2.45) is 11.8 Å². The van der Waals surface area contributed by atoms with Gasteiger partial charge in [0.05, 0.1) is 11.8 Å². The van der Waals surface area contributed by atoms with Gasteiger partial charge >= 0.3 is 5.97 Å². The second kappa shape index (κ2) is 8.33. The van der Waals surface area contributed by atoms with Crippen LogP contribution in [0.1, 0.15) is 43.0 Å². The lowest BCUT2D eigenvalue weighted by Crippen LogP contribution is -2.37. The highest BCUT2D eigenvalue weighted by atomic mass is 16.5. The van der Waals surface area contributed by atoms with Crippen LogP contribution in [0.15, 0.2) is 24.3 Å². The van der Waals surface area contributed by atoms with Crippen LogP contribution in [0.4, 0.5) is 5.69 Å². The molecule has 2 fully saturated rings. The molecule has 0 radical (unpaired) electrons. The van der Waals surface area contributed by atoms with Gasteiger partial charge in [-0.25, -0.2) is 0 Å². The minimum Gasteiger partial charge on any atom is -0.454 e. The predicted molar refractivity (Wildman–Crippen MR) is 98.2 cm³/mol. The number of carbonyl (C=O) groups is 5. The maximum Gasteiger partial charge on any atom is 0.326 e. The maximum absolute atomic E-state index is 12.3. The Morgan fingerprint density at radius 3 is 2.14 bits per heavy atom. The molecule has 1 aromatic rings. The van der Waals surface area contributed by atoms with Crippen molar-refractivity contribution in [3.63, 3.8) is 0 Å². The van der Waals surface area contributed by atoms with Gasteiger partial charge < -0.3 is 10.1 Å². The van der Waals surface area contributed by atoms with Crippen LogP contribution in [0, 0.1) is 11.8 Å². The number of likely N-dealkylation sites (tertiary alicyclic amines) is 1. The van der Waals surface area contributed by atoms with E-state index in [4.69, 9.17) is 4.74 Å². The van der Waals surface area contributed by atoms with E-state index in [-0.39, 0.29) is 29.4 Å². The van der Waals surface area contributed by atoms with Gasteiger partial charge in [0.2, 0.25) is 11.8 Å². The first-order valence-corrected chi connectivity index (χ1v) is 9.28. The van der Waals surface area contributed by atoms with Crippen molar-refractivity contribution in [3.8, 4) is 0 Å². The Morgan fingerprint density at radius 1 is 1.04 bits per heavy atom. The summed E-state index contributed by atoms with van der Waals surface area (Å²) in [6.45, 7) is 0.444. The summed E-state index contributed by atoms with van der Waals surface area (Å²) < 4.78 is 4.90. The Bertz CT molecular complexity index is 792. The summed E-state index contributed by atoms with van der Waals surface area (Å²) in [5.41, 5.74) is 0.977. The van der Waals surface area contributed by atoms with Gasteiger partial charge in [-0.15, -0.1) is 0 Å². The smallest absolute Gasteiger partial charge is 0.326 e. The molecule has 3 rings (SSSR count). The number of carbonyl (C=O) groups excluding carboxylic acids is 5. The number of amides is 3. The van der Waals surface area contributed by atoms with Crippen molar-refractivity contribution in [1.29, 1.82) is 0 Å². The molecule has 2 aliphatic rings. The number of esters is 1. The molecule has 8 nitrogen and oxygen atoms in total. The molecular weight excluding hydrogens is 364 g/mol.